The third-order valence-electron chi connectivity index (χ3n) is 5.97. The highest BCUT2D eigenvalue weighted by molar-refractivity contribution is 5.84. The molecule has 0 bridgehead atoms. The van der Waals surface area contributed by atoms with E-state index in [1.807, 2.05) is 49.1 Å². The van der Waals surface area contributed by atoms with Gasteiger partial charge in [0.15, 0.2) is 5.52 Å². The predicted molar refractivity (Wildman–Crippen MR) is 121 cm³/mol. The molecule has 9 nitrogen and oxygen atoms in total. The Hall–Kier alpha value is -3.49. The van der Waals surface area contributed by atoms with E-state index in [2.05, 4.69) is 15.5 Å². The van der Waals surface area contributed by atoms with E-state index < -0.39 is 11.6 Å². The van der Waals surface area contributed by atoms with E-state index >= 15 is 0 Å². The lowest BCUT2D eigenvalue weighted by Crippen LogP contribution is -2.38. The number of rotatable bonds is 7. The largest absolute Gasteiger partial charge is 0.354 e. The maximum atomic E-state index is 13.2. The number of nitrogens with zero attached hydrogens (tertiary/aromatic N) is 5. The quantitative estimate of drug-likeness (QED) is 0.570. The Kier molecular flexibility index (Phi) is 6.07. The lowest BCUT2D eigenvalue weighted by molar-refractivity contribution is -0.127. The number of hydrogen-bond donors (Lipinski definition) is 1. The highest BCUT2D eigenvalue weighted by atomic mass is 16.2. The zero-order chi connectivity index (χ0) is 22.8. The predicted octanol–water partition coefficient (Wildman–Crippen LogP) is 1.89. The number of carbonyl (C=O) groups excluding carboxylic acids is 2. The van der Waals surface area contributed by atoms with Gasteiger partial charge in [0.2, 0.25) is 11.8 Å². The second kappa shape index (κ2) is 8.94. The van der Waals surface area contributed by atoms with Crippen molar-refractivity contribution in [2.24, 2.45) is 0 Å². The minimum absolute atomic E-state index is 0.175. The summed E-state index contributed by atoms with van der Waals surface area (Å²) in [5.41, 5.74) is 2.23. The first-order valence-electron chi connectivity index (χ1n) is 11.0. The maximum absolute atomic E-state index is 13.2. The topological polar surface area (TPSA) is 102 Å². The molecule has 0 unspecified atom stereocenters. The molecule has 1 N–H and O–H groups in total. The average Bonchev–Trinajstić information content (AvgIpc) is 3.37. The Morgan fingerprint density at radius 3 is 2.59 bits per heavy atom. The van der Waals surface area contributed by atoms with Crippen molar-refractivity contribution in [3.63, 3.8) is 0 Å². The van der Waals surface area contributed by atoms with Crippen LogP contribution >= 0.6 is 0 Å². The Bertz CT molecular complexity index is 1210. The van der Waals surface area contributed by atoms with Crippen molar-refractivity contribution in [3.05, 3.63) is 52.1 Å². The molecule has 1 aliphatic rings. The molecular weight excluding hydrogens is 408 g/mol. The first kappa shape index (κ1) is 21.7. The molecule has 9 heteroatoms. The molecule has 3 aromatic rings. The van der Waals surface area contributed by atoms with Gasteiger partial charge >= 0.3 is 0 Å². The SMILES string of the molecule is Cc1nn([C@H](C)C(=O)NCCCN2CCCC2=O)c(=O)c2nn(-c3ccccc3)c(C)c12. The summed E-state index contributed by atoms with van der Waals surface area (Å²) in [5, 5.41) is 12.5. The van der Waals surface area contributed by atoms with E-state index in [0.29, 0.717) is 42.5 Å². The van der Waals surface area contributed by atoms with E-state index in [4.69, 9.17) is 0 Å². The third kappa shape index (κ3) is 4.02. The maximum Gasteiger partial charge on any atom is 0.295 e. The van der Waals surface area contributed by atoms with Gasteiger partial charge in [-0.2, -0.15) is 10.2 Å². The monoisotopic (exact) mass is 436 g/mol. The van der Waals surface area contributed by atoms with Gasteiger partial charge in [0.1, 0.15) is 6.04 Å². The molecule has 4 rings (SSSR count). The van der Waals surface area contributed by atoms with Crippen molar-refractivity contribution in [2.45, 2.75) is 46.1 Å². The summed E-state index contributed by atoms with van der Waals surface area (Å²) in [6.45, 7) is 7.23. The summed E-state index contributed by atoms with van der Waals surface area (Å²) in [6.07, 6.45) is 2.18. The van der Waals surface area contributed by atoms with Crippen molar-refractivity contribution in [2.75, 3.05) is 19.6 Å². The van der Waals surface area contributed by atoms with Crippen LogP contribution < -0.4 is 10.9 Å². The van der Waals surface area contributed by atoms with E-state index in [-0.39, 0.29) is 11.8 Å². The Labute approximate surface area is 186 Å². The third-order valence-corrected chi connectivity index (χ3v) is 5.97. The standard InChI is InChI=1S/C23H28N6O3/c1-15-20-16(2)28(18-9-5-4-6-10-18)26-21(20)23(32)29(25-15)17(3)22(31)24-12-8-14-27-13-7-11-19(27)30/h4-6,9-10,17H,7-8,11-14H2,1-3H3,(H,24,31)/t17-/m1/s1. The fourth-order valence-corrected chi connectivity index (χ4v) is 4.21. The van der Waals surface area contributed by atoms with Crippen LogP contribution in [0.1, 0.15) is 43.6 Å². The van der Waals surface area contributed by atoms with Crippen LogP contribution in [-0.2, 0) is 9.59 Å². The fourth-order valence-electron chi connectivity index (χ4n) is 4.21. The minimum atomic E-state index is -0.777. The number of hydrogen-bond acceptors (Lipinski definition) is 5. The smallest absolute Gasteiger partial charge is 0.295 e. The second-order valence-electron chi connectivity index (χ2n) is 8.20. The van der Waals surface area contributed by atoms with Gasteiger partial charge in [-0.15, -0.1) is 0 Å². The van der Waals surface area contributed by atoms with Gasteiger partial charge in [-0.1, -0.05) is 18.2 Å². The van der Waals surface area contributed by atoms with Crippen molar-refractivity contribution >= 4 is 22.7 Å². The van der Waals surface area contributed by atoms with Gasteiger partial charge in [-0.25, -0.2) is 9.36 Å². The lowest BCUT2D eigenvalue weighted by Gasteiger charge is -2.17. The number of aromatic nitrogens is 4. The molecule has 1 aromatic carbocycles. The fraction of sp³-hybridized carbons (Fsp3) is 0.435. The number of likely N-dealkylation sites (tertiary alicyclic amines) is 1. The van der Waals surface area contributed by atoms with E-state index in [9.17, 15) is 14.4 Å². The molecule has 1 atom stereocenters. The van der Waals surface area contributed by atoms with Gasteiger partial charge in [-0.05, 0) is 45.7 Å². The summed E-state index contributed by atoms with van der Waals surface area (Å²) in [7, 11) is 0. The van der Waals surface area contributed by atoms with Crippen LogP contribution in [0.5, 0.6) is 0 Å². The van der Waals surface area contributed by atoms with Crippen molar-refractivity contribution in [1.82, 2.24) is 29.8 Å². The summed E-state index contributed by atoms with van der Waals surface area (Å²) < 4.78 is 2.94. The Morgan fingerprint density at radius 1 is 1.16 bits per heavy atom. The first-order chi connectivity index (χ1) is 15.4. The van der Waals surface area contributed by atoms with Gasteiger partial charge < -0.3 is 10.2 Å². The molecule has 1 aliphatic heterocycles. The number of para-hydroxylation sites is 1. The van der Waals surface area contributed by atoms with Crippen LogP contribution in [0.3, 0.4) is 0 Å². The molecule has 2 amide bonds. The minimum Gasteiger partial charge on any atom is -0.354 e. The van der Waals surface area contributed by atoms with Crippen molar-refractivity contribution in [3.8, 4) is 5.69 Å². The summed E-state index contributed by atoms with van der Waals surface area (Å²) in [6, 6.07) is 8.82. The first-order valence-corrected chi connectivity index (χ1v) is 11.0. The van der Waals surface area contributed by atoms with Gasteiger partial charge in [0.05, 0.1) is 22.5 Å². The molecule has 0 aliphatic carbocycles. The molecule has 0 saturated carbocycles. The Balaban J connectivity index is 1.52. The molecule has 168 valence electrons. The highest BCUT2D eigenvalue weighted by Crippen LogP contribution is 2.21. The lowest BCUT2D eigenvalue weighted by atomic mass is 10.2. The number of nitrogens with one attached hydrogen (secondary N) is 1. The number of aryl methyl sites for hydroxylation is 2. The molecule has 32 heavy (non-hydrogen) atoms. The van der Waals surface area contributed by atoms with Crippen molar-refractivity contribution in [1.29, 1.82) is 0 Å². The number of amides is 2. The number of benzene rings is 1. The molecule has 1 saturated heterocycles. The van der Waals surface area contributed by atoms with E-state index in [1.165, 1.54) is 4.68 Å². The number of fused-ring (bicyclic) bond motifs is 1. The van der Waals surface area contributed by atoms with Gasteiger partial charge in [0, 0.05) is 26.1 Å². The van der Waals surface area contributed by atoms with E-state index in [0.717, 1.165) is 24.3 Å². The van der Waals surface area contributed by atoms with Gasteiger partial charge in [0.25, 0.3) is 5.56 Å². The molecule has 2 aromatic heterocycles. The van der Waals surface area contributed by atoms with Crippen LogP contribution in [0.4, 0.5) is 0 Å². The van der Waals surface area contributed by atoms with Crippen LogP contribution in [0.15, 0.2) is 35.1 Å². The summed E-state index contributed by atoms with van der Waals surface area (Å²) >= 11 is 0. The second-order valence-corrected chi connectivity index (χ2v) is 8.20. The zero-order valence-electron chi connectivity index (χ0n) is 18.7. The molecular formula is C23H28N6O3. The molecule has 1 fully saturated rings. The molecule has 3 heterocycles. The van der Waals surface area contributed by atoms with Crippen LogP contribution in [0, 0.1) is 13.8 Å². The number of carbonyl (C=O) groups is 2. The molecule has 0 spiro atoms. The molecule has 0 radical (unpaired) electrons. The Morgan fingerprint density at radius 2 is 1.91 bits per heavy atom. The van der Waals surface area contributed by atoms with E-state index in [1.54, 1.807) is 11.6 Å². The summed E-state index contributed by atoms with van der Waals surface area (Å²) in [5.74, 6) is -0.111. The zero-order valence-corrected chi connectivity index (χ0v) is 18.7. The van der Waals surface area contributed by atoms with Gasteiger partial charge in [-0.3, -0.25) is 14.4 Å². The average molecular weight is 437 g/mol. The summed E-state index contributed by atoms with van der Waals surface area (Å²) in [4.78, 5) is 39.3. The van der Waals surface area contributed by atoms with Crippen molar-refractivity contribution < 1.29 is 9.59 Å². The van der Waals surface area contributed by atoms with Crippen LogP contribution in [0.2, 0.25) is 0 Å². The highest BCUT2D eigenvalue weighted by Gasteiger charge is 2.23. The normalized spacial score (nSPS) is 14.8. The van der Waals surface area contributed by atoms with Crippen LogP contribution in [0.25, 0.3) is 16.6 Å². The van der Waals surface area contributed by atoms with Crippen LogP contribution in [-0.4, -0.2) is 55.9 Å².